The average molecular weight is 948 g/mol. The highest BCUT2D eigenvalue weighted by atomic mass is 16.6. The average Bonchev–Trinajstić information content (AvgIpc) is 3.34. The number of unbranched alkanes of at least 4 members (excludes halogenated alkanes) is 26. The Bertz CT molecular complexity index is 1320. The molecule has 1 atom stereocenters. The monoisotopic (exact) mass is 947 g/mol. The van der Waals surface area contributed by atoms with Gasteiger partial charge in [-0.15, -0.1) is 0 Å². The largest absolute Gasteiger partial charge is 0.462 e. The Morgan fingerprint density at radius 2 is 0.603 bits per heavy atom. The van der Waals surface area contributed by atoms with Crippen molar-refractivity contribution in [2.45, 2.75) is 277 Å². The minimum absolute atomic E-state index is 0.101. The minimum atomic E-state index is -0.810. The van der Waals surface area contributed by atoms with Gasteiger partial charge in [-0.05, 0) is 83.5 Å². The number of hydrogen-bond acceptors (Lipinski definition) is 6. The molecule has 0 spiro atoms. The molecule has 0 aromatic carbocycles. The highest BCUT2D eigenvalue weighted by molar-refractivity contribution is 5.71. The fraction of sp³-hybridized carbons (Fsp3) is 0.726. The SMILES string of the molecule is CC/C=C\C/C=C\C/C=C\C/C=C\C/C=C\C/C=C\CCC(=O)OC[C@@H](COC(=O)CCCCCCCCCCCCCCCCC)OC(=O)CCCCCCC/C=C\CCCCCCCCC. The zero-order chi connectivity index (χ0) is 49.3. The van der Waals surface area contributed by atoms with Crippen LogP contribution in [0.5, 0.6) is 0 Å². The summed E-state index contributed by atoms with van der Waals surface area (Å²) in [5, 5.41) is 0. The lowest BCUT2D eigenvalue weighted by Gasteiger charge is -2.18. The Kier molecular flexibility index (Phi) is 53.4. The maximum Gasteiger partial charge on any atom is 0.306 e. The number of esters is 3. The van der Waals surface area contributed by atoms with E-state index in [9.17, 15) is 14.4 Å². The van der Waals surface area contributed by atoms with Crippen molar-refractivity contribution >= 4 is 17.9 Å². The number of carbonyl (C=O) groups is 3. The van der Waals surface area contributed by atoms with E-state index in [4.69, 9.17) is 14.2 Å². The number of ether oxygens (including phenoxy) is 3. The standard InChI is InChI=1S/C62H106O6/c1-4-7-10-13-16-19-22-25-28-30-31-32-35-37-40-43-46-49-52-55-61(64)67-58-59(57-66-60(63)54-51-48-45-42-39-36-33-27-24-21-18-15-12-9-6-3)68-62(65)56-53-50-47-44-41-38-34-29-26-23-20-17-14-11-8-5-2/h7,10,16,19,25,28-29,31-32,34,37,40,46,49,59H,4-6,8-9,11-15,17-18,20-24,26-27,30,33,35-36,38-39,41-45,47-48,50-58H2,1-3H3/b10-7-,19-16-,28-25-,32-31-,34-29-,40-37-,49-46-/t59-/m1/s1. The Morgan fingerprint density at radius 3 is 0.985 bits per heavy atom. The van der Waals surface area contributed by atoms with Gasteiger partial charge in [0.05, 0.1) is 0 Å². The molecule has 0 unspecified atom stereocenters. The molecule has 0 heterocycles. The third-order valence-electron chi connectivity index (χ3n) is 12.1. The molecule has 0 aromatic heterocycles. The van der Waals surface area contributed by atoms with Crippen molar-refractivity contribution in [2.75, 3.05) is 13.2 Å². The van der Waals surface area contributed by atoms with Crippen molar-refractivity contribution in [1.29, 1.82) is 0 Å². The Balaban J connectivity index is 4.49. The maximum absolute atomic E-state index is 12.8. The predicted octanol–water partition coefficient (Wildman–Crippen LogP) is 19.2. The Labute approximate surface area is 420 Å². The summed E-state index contributed by atoms with van der Waals surface area (Å²) in [4.78, 5) is 38.1. The molecule has 0 radical (unpaired) electrons. The van der Waals surface area contributed by atoms with Crippen molar-refractivity contribution < 1.29 is 28.6 Å². The molecule has 0 aliphatic heterocycles. The molecule has 0 saturated carbocycles. The zero-order valence-corrected chi connectivity index (χ0v) is 44.6. The van der Waals surface area contributed by atoms with Gasteiger partial charge in [-0.1, -0.05) is 254 Å². The van der Waals surface area contributed by atoms with E-state index in [1.165, 1.54) is 135 Å². The molecule has 0 aliphatic carbocycles. The Morgan fingerprint density at radius 1 is 0.309 bits per heavy atom. The lowest BCUT2D eigenvalue weighted by atomic mass is 10.0. The van der Waals surface area contributed by atoms with E-state index in [0.29, 0.717) is 19.3 Å². The van der Waals surface area contributed by atoms with Crippen LogP contribution >= 0.6 is 0 Å². The first-order valence-corrected chi connectivity index (χ1v) is 28.6. The minimum Gasteiger partial charge on any atom is -0.462 e. The smallest absolute Gasteiger partial charge is 0.306 e. The molecule has 0 N–H and O–H groups in total. The Hall–Kier alpha value is -3.41. The molecule has 390 valence electrons. The van der Waals surface area contributed by atoms with Crippen LogP contribution in [0.1, 0.15) is 271 Å². The summed E-state index contributed by atoms with van der Waals surface area (Å²) >= 11 is 0. The third-order valence-corrected chi connectivity index (χ3v) is 12.1. The van der Waals surface area contributed by atoms with Crippen molar-refractivity contribution in [3.05, 3.63) is 85.1 Å². The van der Waals surface area contributed by atoms with Gasteiger partial charge in [-0.25, -0.2) is 0 Å². The topological polar surface area (TPSA) is 78.9 Å². The van der Waals surface area contributed by atoms with Crippen LogP contribution in [0.2, 0.25) is 0 Å². The van der Waals surface area contributed by atoms with Crippen LogP contribution in [0.15, 0.2) is 85.1 Å². The molecular weight excluding hydrogens is 841 g/mol. The highest BCUT2D eigenvalue weighted by Gasteiger charge is 2.19. The van der Waals surface area contributed by atoms with Crippen LogP contribution < -0.4 is 0 Å². The molecule has 6 nitrogen and oxygen atoms in total. The zero-order valence-electron chi connectivity index (χ0n) is 44.6. The fourth-order valence-electron chi connectivity index (χ4n) is 7.88. The van der Waals surface area contributed by atoms with E-state index >= 15 is 0 Å². The van der Waals surface area contributed by atoms with Crippen LogP contribution in [0.3, 0.4) is 0 Å². The number of carbonyl (C=O) groups excluding carboxylic acids is 3. The van der Waals surface area contributed by atoms with Crippen LogP contribution in [0.4, 0.5) is 0 Å². The summed E-state index contributed by atoms with van der Waals surface area (Å²) < 4.78 is 16.8. The summed E-state index contributed by atoms with van der Waals surface area (Å²) in [6.07, 6.45) is 73.0. The molecule has 0 fully saturated rings. The van der Waals surface area contributed by atoms with E-state index in [1.807, 2.05) is 6.08 Å². The molecule has 0 rings (SSSR count). The first kappa shape index (κ1) is 64.6. The molecule has 0 aromatic rings. The van der Waals surface area contributed by atoms with E-state index in [0.717, 1.165) is 89.9 Å². The summed E-state index contributed by atoms with van der Waals surface area (Å²) in [6, 6.07) is 0. The summed E-state index contributed by atoms with van der Waals surface area (Å²) in [5.74, 6) is -0.990. The lowest BCUT2D eigenvalue weighted by molar-refractivity contribution is -0.166. The van der Waals surface area contributed by atoms with Crippen LogP contribution in [0.25, 0.3) is 0 Å². The third kappa shape index (κ3) is 53.5. The van der Waals surface area contributed by atoms with E-state index in [-0.39, 0.29) is 37.5 Å². The first-order chi connectivity index (χ1) is 33.5. The van der Waals surface area contributed by atoms with E-state index in [2.05, 4.69) is 99.8 Å². The second-order valence-corrected chi connectivity index (χ2v) is 18.8. The van der Waals surface area contributed by atoms with Gasteiger partial charge in [0.25, 0.3) is 0 Å². The highest BCUT2D eigenvalue weighted by Crippen LogP contribution is 2.15. The van der Waals surface area contributed by atoms with Gasteiger partial charge in [-0.2, -0.15) is 0 Å². The van der Waals surface area contributed by atoms with Gasteiger partial charge in [0.2, 0.25) is 0 Å². The van der Waals surface area contributed by atoms with Crippen LogP contribution in [-0.2, 0) is 28.6 Å². The van der Waals surface area contributed by atoms with Gasteiger partial charge in [0.1, 0.15) is 13.2 Å². The molecule has 68 heavy (non-hydrogen) atoms. The quantitative estimate of drug-likeness (QED) is 0.0262. The molecule has 0 bridgehead atoms. The second kappa shape index (κ2) is 56.2. The summed E-state index contributed by atoms with van der Waals surface area (Å²) in [7, 11) is 0. The molecule has 6 heteroatoms. The number of rotatable bonds is 51. The van der Waals surface area contributed by atoms with Gasteiger partial charge in [-0.3, -0.25) is 14.4 Å². The molecule has 0 saturated heterocycles. The van der Waals surface area contributed by atoms with Crippen molar-refractivity contribution in [1.82, 2.24) is 0 Å². The first-order valence-electron chi connectivity index (χ1n) is 28.6. The number of hydrogen-bond donors (Lipinski definition) is 0. The van der Waals surface area contributed by atoms with E-state index < -0.39 is 6.10 Å². The van der Waals surface area contributed by atoms with Gasteiger partial charge in [0.15, 0.2) is 6.10 Å². The van der Waals surface area contributed by atoms with Gasteiger partial charge < -0.3 is 14.2 Å². The van der Waals surface area contributed by atoms with Gasteiger partial charge >= 0.3 is 17.9 Å². The van der Waals surface area contributed by atoms with Crippen LogP contribution in [-0.4, -0.2) is 37.2 Å². The van der Waals surface area contributed by atoms with E-state index in [1.54, 1.807) is 0 Å². The second-order valence-electron chi connectivity index (χ2n) is 18.8. The molecule has 0 amide bonds. The predicted molar refractivity (Wildman–Crippen MR) is 293 cm³/mol. The van der Waals surface area contributed by atoms with Crippen molar-refractivity contribution in [3.8, 4) is 0 Å². The van der Waals surface area contributed by atoms with Crippen molar-refractivity contribution in [2.24, 2.45) is 0 Å². The van der Waals surface area contributed by atoms with Gasteiger partial charge in [0, 0.05) is 19.3 Å². The fourth-order valence-corrected chi connectivity index (χ4v) is 7.88. The van der Waals surface area contributed by atoms with Crippen LogP contribution in [0, 0.1) is 0 Å². The normalized spacial score (nSPS) is 12.7. The summed E-state index contributed by atoms with van der Waals surface area (Å²) in [5.41, 5.74) is 0. The maximum atomic E-state index is 12.8. The summed E-state index contributed by atoms with van der Waals surface area (Å²) in [6.45, 7) is 6.47. The van der Waals surface area contributed by atoms with Crippen molar-refractivity contribution in [3.63, 3.8) is 0 Å². The molecule has 0 aliphatic rings. The molecular formula is C62H106O6. The number of allylic oxidation sites excluding steroid dienone is 14. The lowest BCUT2D eigenvalue weighted by Crippen LogP contribution is -2.30.